The van der Waals surface area contributed by atoms with Crippen LogP contribution in [0.2, 0.25) is 0 Å². The fourth-order valence-corrected chi connectivity index (χ4v) is 1.94. The molecule has 1 fully saturated rings. The molecule has 17 heavy (non-hydrogen) atoms. The van der Waals surface area contributed by atoms with Gasteiger partial charge in [0.25, 0.3) is 0 Å². The normalized spacial score (nSPS) is 28.2. The van der Waals surface area contributed by atoms with Gasteiger partial charge in [-0.1, -0.05) is 0 Å². The summed E-state index contributed by atoms with van der Waals surface area (Å²) < 4.78 is 5.27. The minimum atomic E-state index is -0.609. The molecule has 1 aromatic rings. The average molecular weight is 235 g/mol. The second-order valence-corrected chi connectivity index (χ2v) is 4.71. The van der Waals surface area contributed by atoms with Gasteiger partial charge in [-0.3, -0.25) is 9.78 Å². The van der Waals surface area contributed by atoms with E-state index in [0.717, 1.165) is 5.56 Å². The molecule has 1 aliphatic heterocycles. The summed E-state index contributed by atoms with van der Waals surface area (Å²) in [5.41, 5.74) is 12.4. The van der Waals surface area contributed by atoms with Crippen molar-refractivity contribution in [2.45, 2.75) is 19.4 Å². The van der Waals surface area contributed by atoms with E-state index in [9.17, 15) is 4.79 Å². The molecule has 5 heteroatoms. The Morgan fingerprint density at radius 3 is 3.06 bits per heavy atom. The Hall–Kier alpha value is -1.46. The van der Waals surface area contributed by atoms with Crippen LogP contribution < -0.4 is 11.5 Å². The molecule has 0 radical (unpaired) electrons. The fourth-order valence-electron chi connectivity index (χ4n) is 1.94. The number of carbonyl (C=O) groups excluding carboxylic acids is 1. The monoisotopic (exact) mass is 235 g/mol. The summed E-state index contributed by atoms with van der Waals surface area (Å²) in [7, 11) is 0. The lowest BCUT2D eigenvalue weighted by Gasteiger charge is -2.25. The number of carbonyl (C=O) groups is 1. The lowest BCUT2D eigenvalue weighted by molar-refractivity contribution is -0.127. The van der Waals surface area contributed by atoms with Crippen molar-refractivity contribution in [2.75, 3.05) is 18.9 Å². The molecule has 1 saturated heterocycles. The maximum Gasteiger partial charge on any atom is 0.147 e. The minimum absolute atomic E-state index is 0.0576. The van der Waals surface area contributed by atoms with Gasteiger partial charge in [0.05, 0.1) is 18.6 Å². The van der Waals surface area contributed by atoms with Gasteiger partial charge >= 0.3 is 0 Å². The zero-order valence-corrected chi connectivity index (χ0v) is 9.85. The molecule has 0 aromatic carbocycles. The van der Waals surface area contributed by atoms with Gasteiger partial charge in [0, 0.05) is 36.1 Å². The molecule has 0 amide bonds. The highest BCUT2D eigenvalue weighted by Gasteiger charge is 2.43. The van der Waals surface area contributed by atoms with Crippen LogP contribution in [0.5, 0.6) is 0 Å². The van der Waals surface area contributed by atoms with Crippen molar-refractivity contribution in [3.8, 4) is 0 Å². The van der Waals surface area contributed by atoms with Crippen LogP contribution in [0.4, 0.5) is 5.69 Å². The molecule has 1 aliphatic rings. The van der Waals surface area contributed by atoms with Crippen LogP contribution in [-0.2, 0) is 16.0 Å². The Balaban J connectivity index is 2.15. The van der Waals surface area contributed by atoms with Crippen LogP contribution in [-0.4, -0.2) is 30.0 Å². The number of ether oxygens (including phenoxy) is 1. The van der Waals surface area contributed by atoms with E-state index < -0.39 is 5.41 Å². The molecule has 0 bridgehead atoms. The van der Waals surface area contributed by atoms with E-state index in [1.807, 2.05) is 6.92 Å². The molecule has 2 unspecified atom stereocenters. The predicted octanol–water partition coefficient (Wildman–Crippen LogP) is 0.139. The van der Waals surface area contributed by atoms with Crippen LogP contribution in [0.1, 0.15) is 12.5 Å². The predicted molar refractivity (Wildman–Crippen MR) is 64.3 cm³/mol. The first-order valence-electron chi connectivity index (χ1n) is 5.59. The summed E-state index contributed by atoms with van der Waals surface area (Å²) in [6, 6.07) is 1.45. The fraction of sp³-hybridized carbons (Fsp3) is 0.500. The van der Waals surface area contributed by atoms with Crippen molar-refractivity contribution >= 4 is 11.5 Å². The number of nitrogens with zero attached hydrogens (tertiary/aromatic N) is 1. The Morgan fingerprint density at radius 1 is 1.71 bits per heavy atom. The summed E-state index contributed by atoms with van der Waals surface area (Å²) in [6.45, 7) is 2.66. The van der Waals surface area contributed by atoms with Crippen LogP contribution >= 0.6 is 0 Å². The van der Waals surface area contributed by atoms with E-state index in [2.05, 4.69) is 4.98 Å². The molecule has 0 aliphatic carbocycles. The maximum absolute atomic E-state index is 12.3. The van der Waals surface area contributed by atoms with E-state index in [-0.39, 0.29) is 18.2 Å². The van der Waals surface area contributed by atoms with Gasteiger partial charge in [0.2, 0.25) is 0 Å². The molecule has 0 spiro atoms. The first kappa shape index (κ1) is 12.0. The van der Waals surface area contributed by atoms with Crippen molar-refractivity contribution in [1.29, 1.82) is 0 Å². The molecule has 0 saturated carbocycles. The van der Waals surface area contributed by atoms with Gasteiger partial charge in [-0.15, -0.1) is 0 Å². The van der Waals surface area contributed by atoms with E-state index in [1.165, 1.54) is 0 Å². The third-order valence-electron chi connectivity index (χ3n) is 3.45. The minimum Gasteiger partial charge on any atom is -0.398 e. The molecule has 4 N–H and O–H groups in total. The quantitative estimate of drug-likeness (QED) is 0.777. The summed E-state index contributed by atoms with van der Waals surface area (Å²) >= 11 is 0. The number of hydrogen-bond acceptors (Lipinski definition) is 5. The second-order valence-electron chi connectivity index (χ2n) is 4.71. The van der Waals surface area contributed by atoms with Gasteiger partial charge in [0.15, 0.2) is 0 Å². The Labute approximate surface area is 100 Å². The summed E-state index contributed by atoms with van der Waals surface area (Å²) in [5.74, 6) is 0.0576. The number of nitrogen functional groups attached to an aromatic ring is 1. The lowest BCUT2D eigenvalue weighted by atomic mass is 9.79. The molecule has 2 heterocycles. The van der Waals surface area contributed by atoms with Crippen molar-refractivity contribution < 1.29 is 9.53 Å². The topological polar surface area (TPSA) is 91.2 Å². The zero-order chi connectivity index (χ0) is 12.5. The number of aromatic nitrogens is 1. The first-order chi connectivity index (χ1) is 8.04. The molecule has 5 nitrogen and oxygen atoms in total. The lowest BCUT2D eigenvalue weighted by Crippen LogP contribution is -2.45. The highest BCUT2D eigenvalue weighted by molar-refractivity contribution is 5.88. The Kier molecular flexibility index (Phi) is 3.13. The van der Waals surface area contributed by atoms with Gasteiger partial charge in [-0.2, -0.15) is 0 Å². The van der Waals surface area contributed by atoms with E-state index in [0.29, 0.717) is 18.9 Å². The van der Waals surface area contributed by atoms with E-state index >= 15 is 0 Å². The van der Waals surface area contributed by atoms with Gasteiger partial charge in [0.1, 0.15) is 5.78 Å². The first-order valence-corrected chi connectivity index (χ1v) is 5.59. The van der Waals surface area contributed by atoms with Gasteiger partial charge in [-0.05, 0) is 13.0 Å². The number of Topliss-reactive ketones (excluding diaryl/α,β-unsaturated/α-hetero) is 1. The van der Waals surface area contributed by atoms with Crippen LogP contribution in [0.3, 0.4) is 0 Å². The maximum atomic E-state index is 12.3. The third kappa shape index (κ3) is 2.16. The summed E-state index contributed by atoms with van der Waals surface area (Å²) in [4.78, 5) is 16.2. The standard InChI is InChI=1S/C12H17N3O2/c1-12(7-17-6-10(12)14)11(16)4-8-5-15-3-2-9(8)13/h2-3,5,10H,4,6-7,14H2,1H3,(H2,13,15). The van der Waals surface area contributed by atoms with E-state index in [1.54, 1.807) is 18.5 Å². The molecule has 2 rings (SSSR count). The van der Waals surface area contributed by atoms with Crippen molar-refractivity contribution in [2.24, 2.45) is 11.1 Å². The highest BCUT2D eigenvalue weighted by Crippen LogP contribution is 2.30. The van der Waals surface area contributed by atoms with Crippen LogP contribution in [0.25, 0.3) is 0 Å². The van der Waals surface area contributed by atoms with Gasteiger partial charge < -0.3 is 16.2 Å². The molecular weight excluding hydrogens is 218 g/mol. The zero-order valence-electron chi connectivity index (χ0n) is 9.85. The van der Waals surface area contributed by atoms with Crippen LogP contribution in [0.15, 0.2) is 18.5 Å². The number of nitrogens with two attached hydrogens (primary N) is 2. The summed E-state index contributed by atoms with van der Waals surface area (Å²) in [5, 5.41) is 0. The van der Waals surface area contributed by atoms with Crippen molar-refractivity contribution in [3.05, 3.63) is 24.0 Å². The molecular formula is C12H17N3O2. The van der Waals surface area contributed by atoms with Crippen molar-refractivity contribution in [3.63, 3.8) is 0 Å². The molecule has 1 aromatic heterocycles. The number of hydrogen-bond donors (Lipinski definition) is 2. The van der Waals surface area contributed by atoms with Crippen molar-refractivity contribution in [1.82, 2.24) is 4.98 Å². The highest BCUT2D eigenvalue weighted by atomic mass is 16.5. The third-order valence-corrected chi connectivity index (χ3v) is 3.45. The number of rotatable bonds is 3. The number of anilines is 1. The smallest absolute Gasteiger partial charge is 0.147 e. The Morgan fingerprint density at radius 2 is 2.47 bits per heavy atom. The second kappa shape index (κ2) is 4.43. The number of ketones is 1. The Bertz CT molecular complexity index is 436. The SMILES string of the molecule is CC1(C(=O)Cc2cnccc2N)COCC1N. The largest absolute Gasteiger partial charge is 0.398 e. The van der Waals surface area contributed by atoms with Gasteiger partial charge in [-0.25, -0.2) is 0 Å². The van der Waals surface area contributed by atoms with E-state index in [4.69, 9.17) is 16.2 Å². The van der Waals surface area contributed by atoms with Crippen LogP contribution in [0, 0.1) is 5.41 Å². The average Bonchev–Trinajstić information content (AvgIpc) is 2.64. The molecule has 2 atom stereocenters. The molecule has 92 valence electrons. The summed E-state index contributed by atoms with van der Waals surface area (Å²) in [6.07, 6.45) is 3.49. The number of pyridine rings is 1.